The molecule has 142 valence electrons. The summed E-state index contributed by atoms with van der Waals surface area (Å²) in [6.07, 6.45) is 1.68. The third-order valence-electron chi connectivity index (χ3n) is 3.98. The van der Waals surface area contributed by atoms with E-state index in [4.69, 9.17) is 9.26 Å². The highest BCUT2D eigenvalue weighted by molar-refractivity contribution is 7.98. The largest absolute Gasteiger partial charge is 0.497 e. The predicted molar refractivity (Wildman–Crippen MR) is 110 cm³/mol. The fourth-order valence-corrected chi connectivity index (χ4v) is 4.30. The number of hydrogen-bond donors (Lipinski definition) is 0. The summed E-state index contributed by atoms with van der Waals surface area (Å²) in [5.74, 6) is 2.06. The van der Waals surface area contributed by atoms with Crippen LogP contribution in [0, 0.1) is 0 Å². The van der Waals surface area contributed by atoms with Crippen LogP contribution in [0.1, 0.15) is 5.89 Å². The van der Waals surface area contributed by atoms with E-state index in [1.807, 2.05) is 29.6 Å². The van der Waals surface area contributed by atoms with Crippen molar-refractivity contribution in [1.29, 1.82) is 0 Å². The Kier molecular flexibility index (Phi) is 5.27. The van der Waals surface area contributed by atoms with Crippen molar-refractivity contribution in [3.8, 4) is 17.1 Å². The van der Waals surface area contributed by atoms with Crippen molar-refractivity contribution in [2.45, 2.75) is 17.5 Å². The van der Waals surface area contributed by atoms with Gasteiger partial charge in [0.05, 0.1) is 18.2 Å². The van der Waals surface area contributed by atoms with E-state index in [1.165, 1.54) is 23.1 Å². The Morgan fingerprint density at radius 3 is 3.07 bits per heavy atom. The van der Waals surface area contributed by atoms with Gasteiger partial charge in [-0.1, -0.05) is 35.1 Å². The Hall–Kier alpha value is -2.91. The van der Waals surface area contributed by atoms with Gasteiger partial charge in [-0.25, -0.2) is 4.98 Å². The van der Waals surface area contributed by atoms with Crippen molar-refractivity contribution in [3.05, 3.63) is 64.6 Å². The molecule has 0 aliphatic carbocycles. The Balaban J connectivity index is 1.58. The molecule has 28 heavy (non-hydrogen) atoms. The molecule has 0 N–H and O–H groups in total. The summed E-state index contributed by atoms with van der Waals surface area (Å²) in [6.45, 7) is 4.12. The molecule has 0 atom stereocenters. The molecule has 0 unspecified atom stereocenters. The van der Waals surface area contributed by atoms with Crippen molar-refractivity contribution in [2.24, 2.45) is 0 Å². The van der Waals surface area contributed by atoms with Crippen LogP contribution < -0.4 is 10.3 Å². The molecule has 1 aromatic carbocycles. The second kappa shape index (κ2) is 7.99. The molecular weight excluding hydrogens is 396 g/mol. The first-order valence-electron chi connectivity index (χ1n) is 8.38. The number of thiophene rings is 1. The summed E-state index contributed by atoms with van der Waals surface area (Å²) in [5.41, 5.74) is 0.734. The minimum absolute atomic E-state index is 0.0729. The van der Waals surface area contributed by atoms with E-state index in [2.05, 4.69) is 21.7 Å². The number of nitrogens with zero attached hydrogens (tertiary/aromatic N) is 4. The molecule has 0 saturated carbocycles. The zero-order valence-electron chi connectivity index (χ0n) is 15.0. The zero-order chi connectivity index (χ0) is 19.5. The number of thioether (sulfide) groups is 1. The molecule has 0 aliphatic rings. The number of benzene rings is 1. The Labute approximate surface area is 168 Å². The highest BCUT2D eigenvalue weighted by Gasteiger charge is 2.15. The van der Waals surface area contributed by atoms with E-state index >= 15 is 0 Å². The fraction of sp³-hybridized carbons (Fsp3) is 0.158. The van der Waals surface area contributed by atoms with Crippen molar-refractivity contribution in [2.75, 3.05) is 7.11 Å². The summed E-state index contributed by atoms with van der Waals surface area (Å²) < 4.78 is 12.2. The maximum absolute atomic E-state index is 12.7. The normalized spacial score (nSPS) is 11.0. The van der Waals surface area contributed by atoms with Crippen molar-refractivity contribution >= 4 is 33.3 Å². The summed E-state index contributed by atoms with van der Waals surface area (Å²) in [7, 11) is 1.61. The first kappa shape index (κ1) is 18.5. The number of aromatic nitrogens is 4. The molecule has 0 spiro atoms. The molecule has 7 nitrogen and oxygen atoms in total. The van der Waals surface area contributed by atoms with Crippen molar-refractivity contribution in [1.82, 2.24) is 19.7 Å². The molecule has 3 aromatic heterocycles. The van der Waals surface area contributed by atoms with E-state index in [0.29, 0.717) is 34.6 Å². The highest BCUT2D eigenvalue weighted by Crippen LogP contribution is 2.26. The molecule has 0 saturated heterocycles. The minimum Gasteiger partial charge on any atom is -0.497 e. The van der Waals surface area contributed by atoms with Gasteiger partial charge in [0.25, 0.3) is 5.56 Å². The van der Waals surface area contributed by atoms with Crippen LogP contribution in [0.5, 0.6) is 5.75 Å². The minimum atomic E-state index is -0.0729. The van der Waals surface area contributed by atoms with Gasteiger partial charge in [0.1, 0.15) is 10.6 Å². The predicted octanol–water partition coefficient (Wildman–Crippen LogP) is 3.99. The lowest BCUT2D eigenvalue weighted by atomic mass is 10.2. The molecule has 4 rings (SSSR count). The van der Waals surface area contributed by atoms with Crippen LogP contribution in [-0.4, -0.2) is 26.8 Å². The summed E-state index contributed by atoms with van der Waals surface area (Å²) >= 11 is 2.82. The van der Waals surface area contributed by atoms with E-state index < -0.39 is 0 Å². The molecular formula is C19H16N4O3S2. The van der Waals surface area contributed by atoms with Crippen molar-refractivity contribution in [3.63, 3.8) is 0 Å². The van der Waals surface area contributed by atoms with Crippen LogP contribution in [0.4, 0.5) is 0 Å². The van der Waals surface area contributed by atoms with Gasteiger partial charge in [-0.2, -0.15) is 4.98 Å². The molecule has 4 aromatic rings. The van der Waals surface area contributed by atoms with Gasteiger partial charge < -0.3 is 9.26 Å². The van der Waals surface area contributed by atoms with Gasteiger partial charge in [-0.15, -0.1) is 17.9 Å². The monoisotopic (exact) mass is 412 g/mol. The van der Waals surface area contributed by atoms with Gasteiger partial charge >= 0.3 is 0 Å². The highest BCUT2D eigenvalue weighted by atomic mass is 32.2. The van der Waals surface area contributed by atoms with Crippen LogP contribution in [0.3, 0.4) is 0 Å². The molecule has 0 fully saturated rings. The number of ether oxygens (including phenoxy) is 1. The molecule has 0 aliphatic heterocycles. The third kappa shape index (κ3) is 3.58. The zero-order valence-corrected chi connectivity index (χ0v) is 16.6. The van der Waals surface area contributed by atoms with Gasteiger partial charge in [-0.05, 0) is 23.6 Å². The molecule has 0 amide bonds. The summed E-state index contributed by atoms with van der Waals surface area (Å²) in [5, 5.41) is 7.12. The first-order chi connectivity index (χ1) is 13.7. The molecule has 3 heterocycles. The number of methoxy groups -OCH3 is 1. The van der Waals surface area contributed by atoms with E-state index in [-0.39, 0.29) is 5.56 Å². The van der Waals surface area contributed by atoms with Crippen molar-refractivity contribution < 1.29 is 9.26 Å². The summed E-state index contributed by atoms with van der Waals surface area (Å²) in [6, 6.07) is 9.24. The number of rotatable bonds is 7. The van der Waals surface area contributed by atoms with Gasteiger partial charge in [0, 0.05) is 12.1 Å². The molecule has 9 heteroatoms. The topological polar surface area (TPSA) is 83.0 Å². The Morgan fingerprint density at radius 2 is 2.25 bits per heavy atom. The second-order valence-electron chi connectivity index (χ2n) is 5.77. The van der Waals surface area contributed by atoms with Crippen LogP contribution in [0.25, 0.3) is 21.6 Å². The average molecular weight is 412 g/mol. The van der Waals surface area contributed by atoms with Gasteiger partial charge in [-0.3, -0.25) is 9.36 Å². The van der Waals surface area contributed by atoms with Crippen LogP contribution in [-0.2, 0) is 12.3 Å². The van der Waals surface area contributed by atoms with Crippen LogP contribution in [0.15, 0.2) is 62.8 Å². The molecule has 0 bridgehead atoms. The third-order valence-corrected chi connectivity index (χ3v) is 5.75. The van der Waals surface area contributed by atoms with Gasteiger partial charge in [0.2, 0.25) is 11.7 Å². The second-order valence-corrected chi connectivity index (χ2v) is 7.61. The van der Waals surface area contributed by atoms with E-state index in [9.17, 15) is 4.79 Å². The maximum Gasteiger partial charge on any atom is 0.263 e. The number of allylic oxidation sites excluding steroid dienone is 1. The fourth-order valence-electron chi connectivity index (χ4n) is 2.65. The maximum atomic E-state index is 12.7. The average Bonchev–Trinajstić information content (AvgIpc) is 3.38. The Morgan fingerprint density at radius 1 is 1.36 bits per heavy atom. The van der Waals surface area contributed by atoms with Crippen LogP contribution >= 0.6 is 23.1 Å². The van der Waals surface area contributed by atoms with E-state index in [1.54, 1.807) is 23.8 Å². The number of hydrogen-bond acceptors (Lipinski definition) is 8. The Bertz CT molecular complexity index is 1200. The lowest BCUT2D eigenvalue weighted by molar-refractivity contribution is 0.391. The lowest BCUT2D eigenvalue weighted by Gasteiger charge is -2.08. The first-order valence-corrected chi connectivity index (χ1v) is 10.2. The SMILES string of the molecule is C=CCn1c(SCc2nc(-c3cccc(OC)c3)no2)nc2sccc2c1=O. The van der Waals surface area contributed by atoms with E-state index in [0.717, 1.165) is 16.1 Å². The number of fused-ring (bicyclic) bond motifs is 1. The molecule has 0 radical (unpaired) electrons. The van der Waals surface area contributed by atoms with Crippen LogP contribution in [0.2, 0.25) is 0 Å². The standard InChI is InChI=1S/C19H16N4O3S2/c1-3-8-23-18(24)14-7-9-27-17(14)21-19(23)28-11-15-20-16(22-26-15)12-5-4-6-13(10-12)25-2/h3-7,9-10H,1,8,11H2,2H3. The quantitative estimate of drug-likeness (QED) is 0.258. The lowest BCUT2D eigenvalue weighted by Crippen LogP contribution is -2.22. The summed E-state index contributed by atoms with van der Waals surface area (Å²) in [4.78, 5) is 22.4. The smallest absolute Gasteiger partial charge is 0.263 e. The van der Waals surface area contributed by atoms with Gasteiger partial charge in [0.15, 0.2) is 5.16 Å².